The first-order chi connectivity index (χ1) is 20.1. The number of nitrogens with one attached hydrogen (secondary N) is 1. The fraction of sp³-hybridized carbons (Fsp3) is 0.424. The smallest absolute Gasteiger partial charge is 0.419 e. The van der Waals surface area contributed by atoms with E-state index in [1.807, 2.05) is 30.3 Å². The van der Waals surface area contributed by atoms with Gasteiger partial charge in [0.25, 0.3) is 0 Å². The predicted octanol–water partition coefficient (Wildman–Crippen LogP) is 8.06. The van der Waals surface area contributed by atoms with Crippen molar-refractivity contribution in [2.24, 2.45) is 0 Å². The lowest BCUT2D eigenvalue weighted by Gasteiger charge is -2.44. The van der Waals surface area contributed by atoms with E-state index in [-0.39, 0.29) is 38.4 Å². The number of aryl methyl sites for hydroxylation is 1. The summed E-state index contributed by atoms with van der Waals surface area (Å²) in [5.74, 6) is 0.0630. The van der Waals surface area contributed by atoms with E-state index in [1.54, 1.807) is 65.0 Å². The molecule has 10 heteroatoms. The molecule has 7 nitrogen and oxygen atoms in total. The van der Waals surface area contributed by atoms with Crippen molar-refractivity contribution in [1.29, 1.82) is 0 Å². The molecule has 1 fully saturated rings. The summed E-state index contributed by atoms with van der Waals surface area (Å²) in [5.41, 5.74) is -1.52. The van der Waals surface area contributed by atoms with E-state index in [0.29, 0.717) is 22.6 Å². The van der Waals surface area contributed by atoms with E-state index in [2.05, 4.69) is 5.32 Å². The Morgan fingerprint density at radius 3 is 2.21 bits per heavy atom. The lowest BCUT2D eigenvalue weighted by Crippen LogP contribution is -2.61. The summed E-state index contributed by atoms with van der Waals surface area (Å²) in [7, 11) is 0. The fourth-order valence-corrected chi connectivity index (χ4v) is 4.45. The van der Waals surface area contributed by atoms with Crippen LogP contribution in [0.3, 0.4) is 0 Å². The van der Waals surface area contributed by atoms with Gasteiger partial charge in [0, 0.05) is 0 Å². The minimum atomic E-state index is -4.64. The van der Waals surface area contributed by atoms with Gasteiger partial charge in [-0.1, -0.05) is 36.4 Å². The Balaban J connectivity index is 1.46. The monoisotopic (exact) mass is 601 g/mol. The number of amides is 1. The Morgan fingerprint density at radius 1 is 0.884 bits per heavy atom. The molecule has 4 rings (SSSR count). The van der Waals surface area contributed by atoms with Gasteiger partial charge >= 0.3 is 12.3 Å². The van der Waals surface area contributed by atoms with Gasteiger partial charge in [0.15, 0.2) is 5.79 Å². The first kappa shape index (κ1) is 32.2. The van der Waals surface area contributed by atoms with Crippen molar-refractivity contribution in [3.8, 4) is 17.2 Å². The predicted molar refractivity (Wildman–Crippen MR) is 155 cm³/mol. The molecular weight excluding hydrogens is 563 g/mol. The Hall–Kier alpha value is -3.76. The van der Waals surface area contributed by atoms with E-state index in [0.717, 1.165) is 6.07 Å². The highest BCUT2D eigenvalue weighted by atomic mass is 19.4. The number of benzene rings is 3. The number of alkyl carbamates (subject to hydrolysis) is 1. The van der Waals surface area contributed by atoms with Crippen LogP contribution < -0.4 is 14.8 Å². The topological polar surface area (TPSA) is 75.3 Å². The van der Waals surface area contributed by atoms with Crippen LogP contribution in [0.15, 0.2) is 72.8 Å². The Kier molecular flexibility index (Phi) is 9.61. The highest BCUT2D eigenvalue weighted by Gasteiger charge is 2.42. The number of carbonyl (C=O) groups is 1. The van der Waals surface area contributed by atoms with Crippen LogP contribution in [0, 0.1) is 0 Å². The van der Waals surface area contributed by atoms with Crippen molar-refractivity contribution in [2.75, 3.05) is 13.2 Å². The number of halogens is 3. The number of rotatable bonds is 9. The van der Waals surface area contributed by atoms with Crippen molar-refractivity contribution >= 4 is 6.09 Å². The van der Waals surface area contributed by atoms with Gasteiger partial charge in [0.1, 0.15) is 29.5 Å². The normalized spacial score (nSPS) is 16.3. The summed E-state index contributed by atoms with van der Waals surface area (Å²) in [6.45, 7) is 8.88. The highest BCUT2D eigenvalue weighted by molar-refractivity contribution is 5.69. The second kappa shape index (κ2) is 12.9. The van der Waals surface area contributed by atoms with E-state index in [4.69, 9.17) is 23.7 Å². The van der Waals surface area contributed by atoms with Gasteiger partial charge in [-0.3, -0.25) is 0 Å². The minimum Gasteiger partial charge on any atom is -0.488 e. The van der Waals surface area contributed by atoms with Crippen LogP contribution in [0.1, 0.15) is 57.7 Å². The van der Waals surface area contributed by atoms with Crippen molar-refractivity contribution in [2.45, 2.75) is 77.2 Å². The quantitative estimate of drug-likeness (QED) is 0.268. The van der Waals surface area contributed by atoms with Crippen molar-refractivity contribution in [3.63, 3.8) is 0 Å². The van der Waals surface area contributed by atoms with Crippen LogP contribution in [-0.4, -0.2) is 36.2 Å². The molecule has 1 heterocycles. The maximum atomic E-state index is 14.1. The number of carbonyl (C=O) groups excluding carboxylic acids is 1. The van der Waals surface area contributed by atoms with Crippen molar-refractivity contribution in [1.82, 2.24) is 5.32 Å². The molecule has 0 aliphatic carbocycles. The molecule has 0 saturated carbocycles. The summed E-state index contributed by atoms with van der Waals surface area (Å²) >= 11 is 0. The van der Waals surface area contributed by atoms with Crippen molar-refractivity contribution < 1.29 is 41.7 Å². The molecule has 0 atom stereocenters. The molecule has 0 radical (unpaired) electrons. The molecule has 1 amide bonds. The summed E-state index contributed by atoms with van der Waals surface area (Å²) < 4.78 is 70.9. The molecule has 0 unspecified atom stereocenters. The van der Waals surface area contributed by atoms with Gasteiger partial charge in [-0.15, -0.1) is 0 Å². The molecule has 1 aliphatic heterocycles. The summed E-state index contributed by atoms with van der Waals surface area (Å²) in [4.78, 5) is 12.6. The Labute approximate surface area is 250 Å². The first-order valence-electron chi connectivity index (χ1n) is 14.1. The third-order valence-corrected chi connectivity index (χ3v) is 6.67. The number of hydrogen-bond donors (Lipinski definition) is 1. The Bertz CT molecular complexity index is 1380. The second-order valence-corrected chi connectivity index (χ2v) is 12.1. The maximum Gasteiger partial charge on any atom is 0.419 e. The van der Waals surface area contributed by atoms with Gasteiger partial charge in [0.05, 0.1) is 24.3 Å². The lowest BCUT2D eigenvalue weighted by atomic mass is 9.91. The van der Waals surface area contributed by atoms with Gasteiger partial charge in [-0.05, 0) is 95.0 Å². The SMILES string of the molecule is CC(C)(C)OC(=O)NC1(CCc2ccc(OCc3cccc(Oc4ccccc4)c3)c(C(F)(F)F)c2)COC(C)(C)OC1. The fourth-order valence-electron chi connectivity index (χ4n) is 4.45. The summed E-state index contributed by atoms with van der Waals surface area (Å²) in [5, 5.41) is 2.84. The van der Waals surface area contributed by atoms with Gasteiger partial charge in [0.2, 0.25) is 0 Å². The third-order valence-electron chi connectivity index (χ3n) is 6.67. The van der Waals surface area contributed by atoms with E-state index < -0.39 is 34.8 Å². The molecular formula is C33H38F3NO6. The third kappa shape index (κ3) is 9.62. The molecule has 1 N–H and O–H groups in total. The second-order valence-electron chi connectivity index (χ2n) is 12.1. The van der Waals surface area contributed by atoms with Crippen LogP contribution in [-0.2, 0) is 33.4 Å². The standard InChI is InChI=1S/C33H38F3NO6/c1-30(2,3)43-29(38)37-32(21-40-31(4,5)41-22-32)17-16-23-14-15-28(27(19-23)33(34,35)36)39-20-24-10-9-13-26(18-24)42-25-11-7-6-8-12-25/h6-15,18-19H,16-17,20-22H2,1-5H3,(H,37,38). The van der Waals surface area contributed by atoms with Gasteiger partial charge in [-0.25, -0.2) is 4.79 Å². The average molecular weight is 602 g/mol. The average Bonchev–Trinajstić information content (AvgIpc) is 2.92. The number of hydrogen-bond acceptors (Lipinski definition) is 6. The van der Waals surface area contributed by atoms with E-state index in [9.17, 15) is 18.0 Å². The molecule has 43 heavy (non-hydrogen) atoms. The molecule has 1 saturated heterocycles. The molecule has 0 aromatic heterocycles. The minimum absolute atomic E-state index is 0.0815. The molecule has 232 valence electrons. The summed E-state index contributed by atoms with van der Waals surface area (Å²) in [6.07, 6.45) is -4.83. The highest BCUT2D eigenvalue weighted by Crippen LogP contribution is 2.38. The van der Waals surface area contributed by atoms with Crippen LogP contribution in [0.4, 0.5) is 18.0 Å². The zero-order valence-corrected chi connectivity index (χ0v) is 25.0. The molecule has 3 aromatic rings. The van der Waals surface area contributed by atoms with Crippen LogP contribution in [0.25, 0.3) is 0 Å². The molecule has 0 bridgehead atoms. The number of para-hydroxylation sites is 1. The van der Waals surface area contributed by atoms with Gasteiger partial charge in [-0.2, -0.15) is 13.2 Å². The molecule has 0 spiro atoms. The van der Waals surface area contributed by atoms with Crippen molar-refractivity contribution in [3.05, 3.63) is 89.5 Å². The zero-order valence-electron chi connectivity index (χ0n) is 25.0. The largest absolute Gasteiger partial charge is 0.488 e. The molecule has 1 aliphatic rings. The van der Waals surface area contributed by atoms with E-state index >= 15 is 0 Å². The zero-order chi connectivity index (χ0) is 31.3. The van der Waals surface area contributed by atoms with E-state index in [1.165, 1.54) is 6.07 Å². The van der Waals surface area contributed by atoms with Crippen LogP contribution in [0.2, 0.25) is 0 Å². The lowest BCUT2D eigenvalue weighted by molar-refractivity contribution is -0.271. The number of alkyl halides is 3. The van der Waals surface area contributed by atoms with Gasteiger partial charge < -0.3 is 29.0 Å². The van der Waals surface area contributed by atoms with Crippen LogP contribution in [0.5, 0.6) is 17.2 Å². The Morgan fingerprint density at radius 2 is 1.56 bits per heavy atom. The summed E-state index contributed by atoms with van der Waals surface area (Å²) in [6, 6.07) is 20.2. The van der Waals surface area contributed by atoms with Crippen LogP contribution >= 0.6 is 0 Å². The molecule has 3 aromatic carbocycles. The first-order valence-corrected chi connectivity index (χ1v) is 14.1. The maximum absolute atomic E-state index is 14.1. The number of ether oxygens (including phenoxy) is 5.